The van der Waals surface area contributed by atoms with E-state index in [2.05, 4.69) is 27.6 Å². The summed E-state index contributed by atoms with van der Waals surface area (Å²) < 4.78 is 9.55. The van der Waals surface area contributed by atoms with Gasteiger partial charge in [-0.2, -0.15) is 0 Å². The highest BCUT2D eigenvalue weighted by Crippen LogP contribution is 2.37. The Bertz CT molecular complexity index is 463. The van der Waals surface area contributed by atoms with Crippen LogP contribution in [0.2, 0.25) is 0 Å². The van der Waals surface area contributed by atoms with Gasteiger partial charge in [0.1, 0.15) is 12.5 Å². The summed E-state index contributed by atoms with van der Waals surface area (Å²) in [6, 6.07) is -0.291. The van der Waals surface area contributed by atoms with E-state index < -0.39 is 6.72 Å². The molecule has 0 aliphatic heterocycles. The third-order valence-electron chi connectivity index (χ3n) is 3.15. The maximum absolute atomic E-state index is 11.8. The Kier molecular flexibility index (Phi) is 12.2. The lowest BCUT2D eigenvalue weighted by molar-refractivity contribution is -0.205. The minimum atomic E-state index is -3.46. The van der Waals surface area contributed by atoms with E-state index in [1.54, 1.807) is 0 Å². The predicted octanol–water partition coefficient (Wildman–Crippen LogP) is 1.67. The lowest BCUT2D eigenvalue weighted by atomic mass is 10.1. The van der Waals surface area contributed by atoms with E-state index >= 15 is 0 Å². The van der Waals surface area contributed by atoms with Gasteiger partial charge in [0, 0.05) is 32.8 Å². The number of amides is 1. The monoisotopic (exact) mass is 362 g/mol. The predicted molar refractivity (Wildman–Crippen MR) is 91.0 cm³/mol. The zero-order chi connectivity index (χ0) is 17.7. The van der Waals surface area contributed by atoms with Crippen LogP contribution in [-0.2, 0) is 30.4 Å². The van der Waals surface area contributed by atoms with E-state index in [4.69, 9.17) is 10.9 Å². The van der Waals surface area contributed by atoms with Crippen molar-refractivity contribution >= 4 is 30.2 Å². The third-order valence-corrected chi connectivity index (χ3v) is 4.83. The Morgan fingerprint density at radius 1 is 1.35 bits per heavy atom. The van der Waals surface area contributed by atoms with Crippen LogP contribution in [0.3, 0.4) is 0 Å². The summed E-state index contributed by atoms with van der Waals surface area (Å²) in [5.74, 6) is 2.44. The topological polar surface area (TPSA) is 87.7 Å². The average molecular weight is 362 g/mol. The number of carbonyl (C=O) groups is 2. The van der Waals surface area contributed by atoms with Crippen LogP contribution in [0.1, 0.15) is 51.9 Å². The van der Waals surface area contributed by atoms with E-state index in [-0.39, 0.29) is 30.8 Å². The fourth-order valence-electron chi connectivity index (χ4n) is 1.75. The van der Waals surface area contributed by atoms with Gasteiger partial charge >= 0.3 is 0 Å². The molecule has 6 nitrogen and oxygen atoms in total. The zero-order valence-corrected chi connectivity index (χ0v) is 15.4. The fraction of sp³-hybridized carbons (Fsp3) is 0.733. The van der Waals surface area contributed by atoms with Crippen molar-refractivity contribution in [1.82, 2.24) is 5.32 Å². The molecule has 0 aromatic carbocycles. The van der Waals surface area contributed by atoms with E-state index in [1.165, 1.54) is 7.11 Å². The number of ketones is 1. The van der Waals surface area contributed by atoms with Crippen LogP contribution in [0.15, 0.2) is 0 Å². The molecule has 0 aromatic rings. The Labute approximate surface area is 143 Å². The molecule has 0 saturated carbocycles. The molecule has 2 unspecified atom stereocenters. The minimum Gasteiger partial charge on any atom is -0.780 e. The van der Waals surface area contributed by atoms with Crippen LogP contribution in [0.25, 0.3) is 0 Å². The van der Waals surface area contributed by atoms with E-state index in [9.17, 15) is 14.5 Å². The molecule has 0 fully saturated rings. The number of carbonyl (C=O) groups excluding carboxylic acids is 2. The first kappa shape index (κ1) is 22.2. The maximum atomic E-state index is 11.8. The summed E-state index contributed by atoms with van der Waals surface area (Å²) in [7, 11) is 1.22. The highest BCUT2D eigenvalue weighted by Gasteiger charge is 2.13. The van der Waals surface area contributed by atoms with Crippen molar-refractivity contribution < 1.29 is 23.5 Å². The summed E-state index contributed by atoms with van der Waals surface area (Å²) in [6.45, 7) is -1.56. The minimum absolute atomic E-state index is 0.0296. The summed E-state index contributed by atoms with van der Waals surface area (Å²) >= 11 is 4.62. The van der Waals surface area contributed by atoms with Gasteiger partial charge in [-0.25, -0.2) is 0 Å². The van der Waals surface area contributed by atoms with E-state index in [0.717, 1.165) is 0 Å². The molecule has 0 aliphatic carbocycles. The second kappa shape index (κ2) is 12.6. The van der Waals surface area contributed by atoms with Crippen molar-refractivity contribution in [2.24, 2.45) is 0 Å². The molecule has 0 saturated heterocycles. The molecule has 8 heteroatoms. The fourth-order valence-corrected chi connectivity index (χ4v) is 2.40. The second-order valence-electron chi connectivity index (χ2n) is 5.05. The van der Waals surface area contributed by atoms with Crippen LogP contribution >= 0.6 is 6.72 Å². The molecule has 1 amide bonds. The molecule has 0 heterocycles. The SMILES string of the molecule is C#CCCCC(=O)CCCC(=O)NC(CC)COP([O-])(=S)OC. The first-order valence-corrected chi connectivity index (χ1v) is 10.2. The number of nitrogens with one attached hydrogen (secondary N) is 1. The lowest BCUT2D eigenvalue weighted by Gasteiger charge is -2.27. The molecular formula is C15H25NO5PS-. The van der Waals surface area contributed by atoms with Crippen LogP contribution < -0.4 is 10.2 Å². The van der Waals surface area contributed by atoms with E-state index in [0.29, 0.717) is 38.5 Å². The molecule has 0 aromatic heterocycles. The highest BCUT2D eigenvalue weighted by molar-refractivity contribution is 8.06. The Hall–Kier alpha value is -0.770. The molecule has 1 N–H and O–H groups in total. The van der Waals surface area contributed by atoms with Crippen molar-refractivity contribution in [3.63, 3.8) is 0 Å². The summed E-state index contributed by atoms with van der Waals surface area (Å²) in [6.07, 6.45) is 8.60. The molecule has 0 bridgehead atoms. The number of unbranched alkanes of at least 4 members (excludes halogenated alkanes) is 1. The highest BCUT2D eigenvalue weighted by atomic mass is 32.5. The normalized spacial score (nSPS) is 14.5. The van der Waals surface area contributed by atoms with Crippen molar-refractivity contribution in [1.29, 1.82) is 0 Å². The standard InChI is InChI=1S/C15H26NO5PS/c1-4-6-7-9-14(17)10-8-11-15(18)16-13(5-2)12-21-22(19,23)20-3/h1,13H,5-12H2,2-3H3,(H,16,18)(H,19,23)/p-1. The quantitative estimate of drug-likeness (QED) is 0.305. The van der Waals surface area contributed by atoms with Gasteiger partial charge in [0.25, 0.3) is 0 Å². The number of hydrogen-bond acceptors (Lipinski definition) is 6. The Morgan fingerprint density at radius 2 is 2.00 bits per heavy atom. The van der Waals surface area contributed by atoms with Gasteiger partial charge in [0.2, 0.25) is 5.91 Å². The lowest BCUT2D eigenvalue weighted by Crippen LogP contribution is -2.37. The van der Waals surface area contributed by atoms with Gasteiger partial charge in [-0.1, -0.05) is 18.7 Å². The van der Waals surface area contributed by atoms with Gasteiger partial charge in [-0.3, -0.25) is 9.59 Å². The largest absolute Gasteiger partial charge is 0.780 e. The van der Waals surface area contributed by atoms with Crippen LogP contribution in [-0.4, -0.2) is 31.4 Å². The number of terminal acetylenes is 1. The average Bonchev–Trinajstić information content (AvgIpc) is 2.51. The van der Waals surface area contributed by atoms with Crippen molar-refractivity contribution in [2.45, 2.75) is 57.9 Å². The summed E-state index contributed by atoms with van der Waals surface area (Å²) in [4.78, 5) is 34.8. The van der Waals surface area contributed by atoms with Crippen LogP contribution in [0.4, 0.5) is 0 Å². The molecular weight excluding hydrogens is 337 g/mol. The van der Waals surface area contributed by atoms with Gasteiger partial charge in [0.05, 0.1) is 12.6 Å². The maximum Gasteiger partial charge on any atom is 0.220 e. The van der Waals surface area contributed by atoms with Gasteiger partial charge in [-0.05, 0) is 19.3 Å². The third kappa shape index (κ3) is 12.3. The number of rotatable bonds is 13. The molecule has 0 radical (unpaired) electrons. The molecule has 0 spiro atoms. The van der Waals surface area contributed by atoms with Crippen LogP contribution in [0, 0.1) is 12.3 Å². The van der Waals surface area contributed by atoms with Gasteiger partial charge < -0.3 is 19.3 Å². The van der Waals surface area contributed by atoms with Crippen molar-refractivity contribution in [3.8, 4) is 12.3 Å². The second-order valence-corrected chi connectivity index (χ2v) is 7.91. The number of Topliss-reactive ketones (excluding diaryl/α,β-unsaturated/α-hetero) is 1. The summed E-state index contributed by atoms with van der Waals surface area (Å²) in [5, 5.41) is 2.76. The Morgan fingerprint density at radius 3 is 2.57 bits per heavy atom. The molecule has 132 valence electrons. The Balaban J connectivity index is 3.96. The first-order valence-electron chi connectivity index (χ1n) is 7.60. The molecule has 2 atom stereocenters. The van der Waals surface area contributed by atoms with Crippen LogP contribution in [0.5, 0.6) is 0 Å². The van der Waals surface area contributed by atoms with Gasteiger partial charge in [-0.15, -0.1) is 12.3 Å². The smallest absolute Gasteiger partial charge is 0.220 e. The summed E-state index contributed by atoms with van der Waals surface area (Å²) in [5.41, 5.74) is 0. The van der Waals surface area contributed by atoms with Crippen molar-refractivity contribution in [2.75, 3.05) is 13.7 Å². The zero-order valence-electron chi connectivity index (χ0n) is 13.7. The molecule has 23 heavy (non-hydrogen) atoms. The first-order chi connectivity index (χ1) is 10.8. The molecule has 0 aliphatic rings. The van der Waals surface area contributed by atoms with Gasteiger partial charge in [0.15, 0.2) is 0 Å². The molecule has 0 rings (SSSR count). The van der Waals surface area contributed by atoms with E-state index in [1.807, 2.05) is 6.92 Å². The van der Waals surface area contributed by atoms with Crippen molar-refractivity contribution in [3.05, 3.63) is 0 Å². The number of hydrogen-bond donors (Lipinski definition) is 1.